The maximum Gasteiger partial charge on any atom is 0.187 e. The summed E-state index contributed by atoms with van der Waals surface area (Å²) < 4.78 is 68.6. The van der Waals surface area contributed by atoms with Crippen LogP contribution in [0.25, 0.3) is 0 Å². The van der Waals surface area contributed by atoms with Gasteiger partial charge in [-0.2, -0.15) is 0 Å². The van der Waals surface area contributed by atoms with E-state index in [1.54, 1.807) is 0 Å². The van der Waals surface area contributed by atoms with Crippen molar-refractivity contribution < 1.29 is 52.5 Å². The van der Waals surface area contributed by atoms with E-state index in [9.17, 15) is 5.11 Å². The fraction of sp³-hybridized carbons (Fsp3) is 0.311. The highest BCUT2D eigenvalue weighted by Crippen LogP contribution is 2.36. The lowest BCUT2D eigenvalue weighted by atomic mass is 9.96. The quantitative estimate of drug-likeness (QED) is 0.0591. The summed E-state index contributed by atoms with van der Waals surface area (Å²) in [5.74, 6) is 0. The molecule has 0 bridgehead atoms. The van der Waals surface area contributed by atoms with E-state index in [-0.39, 0.29) is 46.2 Å². The van der Waals surface area contributed by atoms with E-state index in [2.05, 4.69) is 0 Å². The molecular weight excluding hydrogens is 909 g/mol. The van der Waals surface area contributed by atoms with Crippen LogP contribution in [0.2, 0.25) is 0 Å². The second-order valence-corrected chi connectivity index (χ2v) is 18.0. The lowest BCUT2D eigenvalue weighted by molar-refractivity contribution is -0.376. The first-order valence-electron chi connectivity index (χ1n) is 24.8. The molecule has 0 aromatic heterocycles. The number of ether oxygens (including phenoxy) is 10. The molecule has 7 aromatic carbocycles. The van der Waals surface area contributed by atoms with Crippen molar-refractivity contribution in [2.75, 3.05) is 13.2 Å². The lowest BCUT2D eigenvalue weighted by Crippen LogP contribution is -2.66. The zero-order chi connectivity index (χ0) is 49.0. The van der Waals surface area contributed by atoms with Crippen LogP contribution < -0.4 is 0 Å². The molecule has 0 spiro atoms. The van der Waals surface area contributed by atoms with Gasteiger partial charge in [-0.15, -0.1) is 0 Å². The monoisotopic (exact) mass is 972 g/mol. The average molecular weight is 973 g/mol. The van der Waals surface area contributed by atoms with E-state index in [0.29, 0.717) is 13.2 Å². The van der Waals surface area contributed by atoms with Crippen LogP contribution in [0.1, 0.15) is 38.9 Å². The molecule has 9 rings (SSSR count). The van der Waals surface area contributed by atoms with Crippen molar-refractivity contribution in [2.45, 2.75) is 108 Å². The van der Waals surface area contributed by atoms with Crippen LogP contribution in [-0.4, -0.2) is 79.7 Å². The molecule has 2 fully saturated rings. The van der Waals surface area contributed by atoms with E-state index in [4.69, 9.17) is 47.4 Å². The summed E-state index contributed by atoms with van der Waals surface area (Å²) in [6, 6.07) is 69.5. The summed E-state index contributed by atoms with van der Waals surface area (Å²) in [6.45, 7) is 1.81. The van der Waals surface area contributed by atoms with Crippen LogP contribution in [0.5, 0.6) is 0 Å². The molecule has 0 saturated carbocycles. The molecule has 10 atom stereocenters. The van der Waals surface area contributed by atoms with Gasteiger partial charge in [0.25, 0.3) is 0 Å². The van der Waals surface area contributed by atoms with Crippen molar-refractivity contribution >= 4 is 0 Å². The van der Waals surface area contributed by atoms with E-state index < -0.39 is 61.4 Å². The number of aliphatic hydroxyl groups excluding tert-OH is 1. The lowest BCUT2D eigenvalue weighted by Gasteiger charge is -2.49. The van der Waals surface area contributed by atoms with E-state index >= 15 is 0 Å². The number of rotatable bonds is 25. The second-order valence-electron chi connectivity index (χ2n) is 18.0. The summed E-state index contributed by atoms with van der Waals surface area (Å²) in [5.41, 5.74) is 6.72. The van der Waals surface area contributed by atoms with Gasteiger partial charge >= 0.3 is 0 Å². The van der Waals surface area contributed by atoms with Crippen LogP contribution >= 0.6 is 0 Å². The third kappa shape index (κ3) is 14.8. The van der Waals surface area contributed by atoms with E-state index in [0.717, 1.165) is 38.9 Å². The van der Waals surface area contributed by atoms with Gasteiger partial charge in [0, 0.05) is 0 Å². The van der Waals surface area contributed by atoms with Crippen LogP contribution in [-0.2, 0) is 93.6 Å². The number of hydrogen-bond donors (Lipinski definition) is 1. The van der Waals surface area contributed by atoms with Crippen molar-refractivity contribution in [1.29, 1.82) is 0 Å². The molecule has 11 heteroatoms. The van der Waals surface area contributed by atoms with Crippen molar-refractivity contribution in [2.24, 2.45) is 0 Å². The van der Waals surface area contributed by atoms with Crippen LogP contribution in [0.3, 0.4) is 0 Å². The molecule has 2 aliphatic rings. The summed E-state index contributed by atoms with van der Waals surface area (Å²) >= 11 is 0. The molecule has 72 heavy (non-hydrogen) atoms. The summed E-state index contributed by atoms with van der Waals surface area (Å²) in [6.07, 6.45) is -9.47. The minimum absolute atomic E-state index is 0.0312. The number of benzene rings is 7. The summed E-state index contributed by atoms with van der Waals surface area (Å²) in [4.78, 5) is 0. The minimum atomic E-state index is -1.18. The van der Waals surface area contributed by atoms with Gasteiger partial charge in [-0.25, -0.2) is 0 Å². The molecule has 2 aliphatic heterocycles. The molecule has 6 unspecified atom stereocenters. The molecule has 2 saturated heterocycles. The van der Waals surface area contributed by atoms with Gasteiger partial charge in [-0.1, -0.05) is 212 Å². The number of aliphatic hydroxyl groups is 1. The Kier molecular flexibility index (Phi) is 19.3. The fourth-order valence-corrected chi connectivity index (χ4v) is 8.89. The van der Waals surface area contributed by atoms with Gasteiger partial charge in [-0.05, 0) is 38.9 Å². The Bertz CT molecular complexity index is 2550. The van der Waals surface area contributed by atoms with Gasteiger partial charge in [0.1, 0.15) is 48.8 Å². The maximum atomic E-state index is 12.4. The Morgan fingerprint density at radius 1 is 0.292 bits per heavy atom. The van der Waals surface area contributed by atoms with Crippen molar-refractivity contribution in [3.05, 3.63) is 251 Å². The zero-order valence-corrected chi connectivity index (χ0v) is 40.4. The number of hydrogen-bond acceptors (Lipinski definition) is 11. The van der Waals surface area contributed by atoms with Crippen molar-refractivity contribution in [3.63, 3.8) is 0 Å². The Balaban J connectivity index is 1.09. The highest BCUT2D eigenvalue weighted by molar-refractivity contribution is 5.19. The van der Waals surface area contributed by atoms with Crippen LogP contribution in [0, 0.1) is 0 Å². The topological polar surface area (TPSA) is 113 Å². The summed E-state index contributed by atoms with van der Waals surface area (Å²) in [7, 11) is 0. The van der Waals surface area contributed by atoms with Crippen molar-refractivity contribution in [1.82, 2.24) is 0 Å². The van der Waals surface area contributed by atoms with Gasteiger partial charge < -0.3 is 52.5 Å². The highest BCUT2D eigenvalue weighted by atomic mass is 16.8. The molecule has 374 valence electrons. The van der Waals surface area contributed by atoms with Gasteiger partial charge in [0.15, 0.2) is 12.6 Å². The largest absolute Gasteiger partial charge is 0.387 e. The zero-order valence-electron chi connectivity index (χ0n) is 40.4. The normalized spacial score (nSPS) is 24.2. The molecule has 11 nitrogen and oxygen atoms in total. The van der Waals surface area contributed by atoms with Crippen LogP contribution in [0.4, 0.5) is 0 Å². The first-order valence-corrected chi connectivity index (χ1v) is 24.8. The average Bonchev–Trinajstić information content (AvgIpc) is 3.44. The predicted octanol–water partition coefficient (Wildman–Crippen LogP) is 10.2. The Hall–Kier alpha value is -5.90. The van der Waals surface area contributed by atoms with E-state index in [1.807, 2.05) is 212 Å². The SMILES string of the molecule is O[C@@H]1C(COCc2ccccc2)O[C@H](O[C@@H]2C(COCc3ccccc3)O[C@@H](OCc3ccccc3)C(OCc3ccccc3)C2OCc2ccccc2)C(OCc2ccccc2)C1OCc1ccccc1. The van der Waals surface area contributed by atoms with E-state index in [1.165, 1.54) is 0 Å². The third-order valence-corrected chi connectivity index (χ3v) is 12.7. The Labute approximate surface area is 423 Å². The smallest absolute Gasteiger partial charge is 0.187 e. The maximum absolute atomic E-state index is 12.4. The van der Waals surface area contributed by atoms with Gasteiger partial charge in [0.05, 0.1) is 59.5 Å². The van der Waals surface area contributed by atoms with Gasteiger partial charge in [0.2, 0.25) is 0 Å². The molecule has 7 aromatic rings. The third-order valence-electron chi connectivity index (χ3n) is 12.7. The Morgan fingerprint density at radius 3 is 0.972 bits per heavy atom. The van der Waals surface area contributed by atoms with Gasteiger partial charge in [-0.3, -0.25) is 0 Å². The minimum Gasteiger partial charge on any atom is -0.387 e. The molecule has 0 amide bonds. The molecule has 0 radical (unpaired) electrons. The highest BCUT2D eigenvalue weighted by Gasteiger charge is 2.54. The summed E-state index contributed by atoms with van der Waals surface area (Å²) in [5, 5.41) is 12.4. The second kappa shape index (κ2) is 27.2. The molecule has 2 heterocycles. The van der Waals surface area contributed by atoms with Crippen molar-refractivity contribution in [3.8, 4) is 0 Å². The first-order chi connectivity index (χ1) is 35.6. The molecule has 1 N–H and O–H groups in total. The standard InChI is InChI=1S/C61H64O11/c62-54-52(43-63-36-45-22-8-1-9-23-45)70-61(58(67-40-49-30-16-5-17-31-49)56(54)65-38-47-26-12-3-13-27-47)72-55-53(44-64-37-46-24-10-2-11-25-46)71-60(69-42-51-34-20-7-21-35-51)59(68-41-50-32-18-6-19-33-50)57(55)66-39-48-28-14-4-15-29-48/h1-35,52-62H,36-44H2/t52?,53?,54-,55-,56?,57?,58?,59?,60-,61-/m1/s1. The Morgan fingerprint density at radius 2 is 0.583 bits per heavy atom. The predicted molar refractivity (Wildman–Crippen MR) is 272 cm³/mol. The molecule has 0 aliphatic carbocycles. The molecular formula is C61H64O11. The first kappa shape index (κ1) is 51.0. The fourth-order valence-electron chi connectivity index (χ4n) is 8.89. The van der Waals surface area contributed by atoms with Crippen LogP contribution in [0.15, 0.2) is 212 Å².